The van der Waals surface area contributed by atoms with E-state index in [1.807, 2.05) is 13.8 Å². The van der Waals surface area contributed by atoms with Gasteiger partial charge in [0, 0.05) is 13.2 Å². The van der Waals surface area contributed by atoms with Crippen LogP contribution in [0.4, 0.5) is 0 Å². The van der Waals surface area contributed by atoms with Gasteiger partial charge in [0.25, 0.3) is 5.91 Å². The number of hydrogen-bond donors (Lipinski definition) is 3. The van der Waals surface area contributed by atoms with Crippen molar-refractivity contribution in [2.24, 2.45) is 13.0 Å². The molecule has 0 radical (unpaired) electrons. The lowest BCUT2D eigenvalue weighted by Gasteiger charge is -2.18. The molecule has 0 bridgehead atoms. The minimum Gasteiger partial charge on any atom is -0.394 e. The molecule has 21 heavy (non-hydrogen) atoms. The van der Waals surface area contributed by atoms with E-state index in [1.165, 1.54) is 23.9 Å². The summed E-state index contributed by atoms with van der Waals surface area (Å²) in [6.45, 7) is 3.83. The van der Waals surface area contributed by atoms with Crippen molar-refractivity contribution in [3.8, 4) is 0 Å². The predicted octanol–water partition coefficient (Wildman–Crippen LogP) is 0.0700. The third-order valence-corrected chi connectivity index (χ3v) is 4.48. The fourth-order valence-electron chi connectivity index (χ4n) is 2.03. The first-order valence-electron chi connectivity index (χ1n) is 6.73. The van der Waals surface area contributed by atoms with Crippen LogP contribution in [0.5, 0.6) is 0 Å². The van der Waals surface area contributed by atoms with Crippen LogP contribution in [0.15, 0.2) is 17.2 Å². The SMILES string of the molecule is CNS(=O)(=O)c1cc(C(=O)NC(CO)CC(C)C)n(C)c1. The van der Waals surface area contributed by atoms with E-state index in [0.717, 1.165) is 0 Å². The summed E-state index contributed by atoms with van der Waals surface area (Å²) in [7, 11) is -0.677. The van der Waals surface area contributed by atoms with Crippen molar-refractivity contribution < 1.29 is 18.3 Å². The summed E-state index contributed by atoms with van der Waals surface area (Å²) in [6.07, 6.45) is 2.02. The average molecular weight is 317 g/mol. The van der Waals surface area contributed by atoms with Crippen LogP contribution in [0.2, 0.25) is 0 Å². The lowest BCUT2D eigenvalue weighted by atomic mass is 10.0. The zero-order valence-electron chi connectivity index (χ0n) is 12.8. The number of aromatic nitrogens is 1. The number of hydrogen-bond acceptors (Lipinski definition) is 4. The molecule has 0 aliphatic carbocycles. The molecule has 0 aromatic carbocycles. The Morgan fingerprint density at radius 2 is 2.05 bits per heavy atom. The summed E-state index contributed by atoms with van der Waals surface area (Å²) in [5, 5.41) is 12.0. The van der Waals surface area contributed by atoms with Crippen LogP contribution in [-0.2, 0) is 17.1 Å². The molecule has 0 saturated carbocycles. The topological polar surface area (TPSA) is 100 Å². The molecule has 0 saturated heterocycles. The molecule has 1 unspecified atom stereocenters. The molecule has 120 valence electrons. The molecule has 0 aliphatic rings. The van der Waals surface area contributed by atoms with E-state index in [-0.39, 0.29) is 23.2 Å². The predicted molar refractivity (Wildman–Crippen MR) is 79.5 cm³/mol. The Balaban J connectivity index is 2.93. The Hall–Kier alpha value is -1.38. The Labute approximate surface area is 125 Å². The zero-order chi connectivity index (χ0) is 16.2. The Morgan fingerprint density at radius 3 is 2.52 bits per heavy atom. The summed E-state index contributed by atoms with van der Waals surface area (Å²) >= 11 is 0. The van der Waals surface area contributed by atoms with E-state index >= 15 is 0 Å². The second kappa shape index (κ2) is 7.06. The maximum absolute atomic E-state index is 12.2. The number of carbonyl (C=O) groups is 1. The fourth-order valence-corrected chi connectivity index (χ4v) is 2.83. The molecule has 1 amide bonds. The minimum absolute atomic E-state index is 0.0297. The number of nitrogens with zero attached hydrogens (tertiary/aromatic N) is 1. The maximum atomic E-state index is 12.2. The summed E-state index contributed by atoms with van der Waals surface area (Å²) in [5.41, 5.74) is 0.228. The van der Waals surface area contributed by atoms with Crippen LogP contribution in [0.25, 0.3) is 0 Å². The smallest absolute Gasteiger partial charge is 0.268 e. The van der Waals surface area contributed by atoms with Crippen LogP contribution in [0, 0.1) is 5.92 Å². The van der Waals surface area contributed by atoms with Gasteiger partial charge in [0.1, 0.15) is 10.6 Å². The summed E-state index contributed by atoms with van der Waals surface area (Å²) in [5.74, 6) is -0.0779. The highest BCUT2D eigenvalue weighted by molar-refractivity contribution is 7.89. The van der Waals surface area contributed by atoms with Crippen molar-refractivity contribution in [2.45, 2.75) is 31.2 Å². The molecule has 1 aromatic rings. The van der Waals surface area contributed by atoms with Crippen molar-refractivity contribution in [3.05, 3.63) is 18.0 Å². The van der Waals surface area contributed by atoms with Gasteiger partial charge in [0.15, 0.2) is 0 Å². The van der Waals surface area contributed by atoms with Crippen LogP contribution < -0.4 is 10.0 Å². The van der Waals surface area contributed by atoms with Crippen molar-refractivity contribution >= 4 is 15.9 Å². The molecule has 7 nitrogen and oxygen atoms in total. The first-order valence-corrected chi connectivity index (χ1v) is 8.21. The van der Waals surface area contributed by atoms with Crippen molar-refractivity contribution in [1.29, 1.82) is 0 Å². The van der Waals surface area contributed by atoms with Crippen LogP contribution in [0.3, 0.4) is 0 Å². The number of carbonyl (C=O) groups excluding carboxylic acids is 1. The molecule has 8 heteroatoms. The third-order valence-electron chi connectivity index (χ3n) is 3.10. The van der Waals surface area contributed by atoms with Gasteiger partial charge < -0.3 is 15.0 Å². The highest BCUT2D eigenvalue weighted by Crippen LogP contribution is 2.14. The third kappa shape index (κ3) is 4.55. The van der Waals surface area contributed by atoms with Crippen LogP contribution >= 0.6 is 0 Å². The second-order valence-electron chi connectivity index (χ2n) is 5.36. The number of aryl methyl sites for hydroxylation is 1. The molecule has 3 N–H and O–H groups in total. The molecular weight excluding hydrogens is 294 g/mol. The second-order valence-corrected chi connectivity index (χ2v) is 7.25. The first-order chi connectivity index (χ1) is 9.71. The molecule has 1 aromatic heterocycles. The van der Waals surface area contributed by atoms with Crippen LogP contribution in [-0.4, -0.2) is 43.7 Å². The van der Waals surface area contributed by atoms with Crippen molar-refractivity contribution in [1.82, 2.24) is 14.6 Å². The van der Waals surface area contributed by atoms with Gasteiger partial charge in [-0.2, -0.15) is 0 Å². The highest BCUT2D eigenvalue weighted by atomic mass is 32.2. The molecule has 0 fully saturated rings. The quantitative estimate of drug-likeness (QED) is 0.662. The fraction of sp³-hybridized carbons (Fsp3) is 0.615. The summed E-state index contributed by atoms with van der Waals surface area (Å²) in [4.78, 5) is 12.2. The van der Waals surface area contributed by atoms with Gasteiger partial charge in [-0.05, 0) is 25.5 Å². The molecule has 1 atom stereocenters. The average Bonchev–Trinajstić information content (AvgIpc) is 2.80. The highest BCUT2D eigenvalue weighted by Gasteiger charge is 2.21. The van der Waals surface area contributed by atoms with E-state index in [0.29, 0.717) is 12.3 Å². The van der Waals surface area contributed by atoms with E-state index in [1.54, 1.807) is 7.05 Å². The number of rotatable bonds is 7. The molecule has 1 rings (SSSR count). The van der Waals surface area contributed by atoms with Crippen molar-refractivity contribution in [2.75, 3.05) is 13.7 Å². The zero-order valence-corrected chi connectivity index (χ0v) is 13.6. The van der Waals surface area contributed by atoms with E-state index < -0.39 is 15.9 Å². The van der Waals surface area contributed by atoms with E-state index in [4.69, 9.17) is 0 Å². The number of nitrogens with one attached hydrogen (secondary N) is 2. The van der Waals surface area contributed by atoms with Gasteiger partial charge in [-0.1, -0.05) is 13.8 Å². The lowest BCUT2D eigenvalue weighted by Crippen LogP contribution is -2.39. The van der Waals surface area contributed by atoms with Gasteiger partial charge in [-0.3, -0.25) is 4.79 Å². The summed E-state index contributed by atoms with van der Waals surface area (Å²) in [6, 6.07) is 0.960. The molecule has 0 aliphatic heterocycles. The Morgan fingerprint density at radius 1 is 1.43 bits per heavy atom. The molecule has 1 heterocycles. The first kappa shape index (κ1) is 17.7. The number of aliphatic hydroxyl groups excluding tert-OH is 1. The van der Waals surface area contributed by atoms with Gasteiger partial charge >= 0.3 is 0 Å². The lowest BCUT2D eigenvalue weighted by molar-refractivity contribution is 0.0900. The number of sulfonamides is 1. The van der Waals surface area contributed by atoms with Crippen LogP contribution in [0.1, 0.15) is 30.8 Å². The van der Waals surface area contributed by atoms with E-state index in [9.17, 15) is 18.3 Å². The monoisotopic (exact) mass is 317 g/mol. The largest absolute Gasteiger partial charge is 0.394 e. The van der Waals surface area contributed by atoms with Gasteiger partial charge in [0.05, 0.1) is 12.6 Å². The maximum Gasteiger partial charge on any atom is 0.268 e. The van der Waals surface area contributed by atoms with Gasteiger partial charge in [0.2, 0.25) is 10.0 Å². The minimum atomic E-state index is -3.59. The van der Waals surface area contributed by atoms with E-state index in [2.05, 4.69) is 10.0 Å². The van der Waals surface area contributed by atoms with Gasteiger partial charge in [-0.15, -0.1) is 0 Å². The number of aliphatic hydroxyl groups is 1. The molecule has 0 spiro atoms. The number of amides is 1. The molecular formula is C13H23N3O4S. The standard InChI is InChI=1S/C13H23N3O4S/c1-9(2)5-10(8-17)15-13(18)12-6-11(7-16(12)4)21(19,20)14-3/h6-7,9-10,14,17H,5,8H2,1-4H3,(H,15,18). The normalized spacial score (nSPS) is 13.4. The Bertz CT molecular complexity index is 593. The Kier molecular flexibility index (Phi) is 5.94. The van der Waals surface area contributed by atoms with Gasteiger partial charge in [-0.25, -0.2) is 13.1 Å². The van der Waals surface area contributed by atoms with Crippen molar-refractivity contribution in [3.63, 3.8) is 0 Å². The summed E-state index contributed by atoms with van der Waals surface area (Å²) < 4.78 is 27.1.